The molecule has 0 aliphatic carbocycles. The van der Waals surface area contributed by atoms with Crippen molar-refractivity contribution in [3.63, 3.8) is 0 Å². The van der Waals surface area contributed by atoms with E-state index < -0.39 is 34.2 Å². The molecule has 1 atom stereocenters. The van der Waals surface area contributed by atoms with Crippen molar-refractivity contribution < 1.29 is 28.4 Å². The topological polar surface area (TPSA) is 119 Å². The molecule has 1 N–H and O–H groups in total. The number of hydrogen-bond acceptors (Lipinski definition) is 6. The summed E-state index contributed by atoms with van der Waals surface area (Å²) in [5.74, 6) is -2.93. The highest BCUT2D eigenvalue weighted by atomic mass is 19.1. The van der Waals surface area contributed by atoms with Crippen molar-refractivity contribution in [3.05, 3.63) is 69.5 Å². The van der Waals surface area contributed by atoms with Gasteiger partial charge < -0.3 is 15.0 Å². The Hall–Kier alpha value is -3.82. The van der Waals surface area contributed by atoms with Gasteiger partial charge in [-0.1, -0.05) is 29.8 Å². The Morgan fingerprint density at radius 1 is 1.24 bits per heavy atom. The van der Waals surface area contributed by atoms with Crippen molar-refractivity contribution >= 4 is 29.2 Å². The molecule has 1 saturated heterocycles. The lowest BCUT2D eigenvalue weighted by atomic mass is 10.1. The minimum Gasteiger partial charge on any atom is -0.464 e. The number of amides is 2. The second kappa shape index (κ2) is 10.7. The number of nitro benzene ring substituents is 1. The van der Waals surface area contributed by atoms with Crippen LogP contribution in [0.5, 0.6) is 0 Å². The third-order valence-electron chi connectivity index (χ3n) is 5.33. The predicted molar refractivity (Wildman–Crippen MR) is 117 cm³/mol. The largest absolute Gasteiger partial charge is 0.464 e. The number of carbonyl (C=O) groups excluding carboxylic acids is 3. The van der Waals surface area contributed by atoms with Crippen LogP contribution in [0, 0.1) is 28.8 Å². The molecule has 1 unspecified atom stereocenters. The van der Waals surface area contributed by atoms with Crippen LogP contribution in [0.2, 0.25) is 0 Å². The number of nitrogens with one attached hydrogen (secondary N) is 1. The smallest absolute Gasteiger partial charge is 0.311 e. The van der Waals surface area contributed by atoms with Crippen LogP contribution in [0.1, 0.15) is 24.0 Å². The van der Waals surface area contributed by atoms with Gasteiger partial charge in [-0.05, 0) is 31.0 Å². The Labute approximate surface area is 189 Å². The molecule has 1 aliphatic heterocycles. The van der Waals surface area contributed by atoms with Crippen molar-refractivity contribution in [1.29, 1.82) is 0 Å². The number of rotatable bonds is 9. The molecule has 0 spiro atoms. The van der Waals surface area contributed by atoms with Crippen LogP contribution in [0.15, 0.2) is 42.5 Å². The molecule has 9 nitrogen and oxygen atoms in total. The molecule has 1 heterocycles. The molecule has 3 rings (SSSR count). The number of carbonyl (C=O) groups is 3. The molecule has 1 fully saturated rings. The summed E-state index contributed by atoms with van der Waals surface area (Å²) < 4.78 is 18.7. The molecule has 2 aromatic carbocycles. The van der Waals surface area contributed by atoms with E-state index in [0.29, 0.717) is 12.8 Å². The molecule has 1 aliphatic rings. The summed E-state index contributed by atoms with van der Waals surface area (Å²) in [4.78, 5) is 47.8. The summed E-state index contributed by atoms with van der Waals surface area (Å²) in [6, 6.07) is 11.0. The van der Waals surface area contributed by atoms with Gasteiger partial charge in [-0.2, -0.15) is 4.39 Å². The first kappa shape index (κ1) is 23.8. The molecule has 10 heteroatoms. The Morgan fingerprint density at radius 3 is 2.67 bits per heavy atom. The highest BCUT2D eigenvalue weighted by Crippen LogP contribution is 2.30. The number of nitro groups is 1. The van der Waals surface area contributed by atoms with Crippen LogP contribution in [0.3, 0.4) is 0 Å². The number of benzene rings is 2. The van der Waals surface area contributed by atoms with Gasteiger partial charge in [0.1, 0.15) is 6.61 Å². The van der Waals surface area contributed by atoms with Gasteiger partial charge in [0, 0.05) is 25.5 Å². The monoisotopic (exact) mass is 457 g/mol. The summed E-state index contributed by atoms with van der Waals surface area (Å²) in [6.07, 6.45) is 0.799. The van der Waals surface area contributed by atoms with E-state index in [1.54, 1.807) is 0 Å². The Kier molecular flexibility index (Phi) is 7.70. The van der Waals surface area contributed by atoms with E-state index >= 15 is 0 Å². The standard InChI is InChI=1S/C23H24FN3O6/c1-15-2-4-16(5-3-15)6-9-21(28)25-10-11-33-23(30)17-12-22(29)26(14-17)18-7-8-19(24)20(13-18)27(31)32/h2-5,7-8,13,17H,6,9-12,14H2,1H3,(H,25,28). The molecular formula is C23H24FN3O6. The summed E-state index contributed by atoms with van der Waals surface area (Å²) in [5, 5.41) is 13.6. The van der Waals surface area contributed by atoms with Crippen LogP contribution in [0.4, 0.5) is 15.8 Å². The second-order valence-electron chi connectivity index (χ2n) is 7.80. The fraction of sp³-hybridized carbons (Fsp3) is 0.348. The maximum Gasteiger partial charge on any atom is 0.311 e. The van der Waals surface area contributed by atoms with E-state index in [9.17, 15) is 28.9 Å². The number of hydrogen-bond donors (Lipinski definition) is 1. The zero-order valence-electron chi connectivity index (χ0n) is 18.1. The summed E-state index contributed by atoms with van der Waals surface area (Å²) >= 11 is 0. The van der Waals surface area contributed by atoms with Crippen molar-refractivity contribution in [2.75, 3.05) is 24.6 Å². The molecule has 0 bridgehead atoms. The number of nitrogens with zero attached hydrogens (tertiary/aromatic N) is 2. The van der Waals surface area contributed by atoms with Gasteiger partial charge in [-0.15, -0.1) is 0 Å². The van der Waals surface area contributed by atoms with Gasteiger partial charge in [0.25, 0.3) is 0 Å². The van der Waals surface area contributed by atoms with Crippen molar-refractivity contribution in [2.45, 2.75) is 26.2 Å². The van der Waals surface area contributed by atoms with Crippen LogP contribution >= 0.6 is 0 Å². The van der Waals surface area contributed by atoms with Gasteiger partial charge in [-0.25, -0.2) is 0 Å². The quantitative estimate of drug-likeness (QED) is 0.268. The summed E-state index contributed by atoms with van der Waals surface area (Å²) in [7, 11) is 0. The van der Waals surface area contributed by atoms with Crippen LogP contribution < -0.4 is 10.2 Å². The highest BCUT2D eigenvalue weighted by Gasteiger charge is 2.36. The Bertz CT molecular complexity index is 1060. The summed E-state index contributed by atoms with van der Waals surface area (Å²) in [5.41, 5.74) is 1.61. The molecule has 174 valence electrons. The first-order valence-electron chi connectivity index (χ1n) is 10.5. The third kappa shape index (κ3) is 6.34. The minimum absolute atomic E-state index is 0.0244. The third-order valence-corrected chi connectivity index (χ3v) is 5.33. The fourth-order valence-electron chi connectivity index (χ4n) is 3.48. The molecule has 33 heavy (non-hydrogen) atoms. The Balaban J connectivity index is 1.41. The second-order valence-corrected chi connectivity index (χ2v) is 7.80. The molecule has 0 aromatic heterocycles. The van der Waals surface area contributed by atoms with E-state index in [2.05, 4.69) is 5.32 Å². The maximum atomic E-state index is 13.5. The predicted octanol–water partition coefficient (Wildman–Crippen LogP) is 2.69. The normalized spacial score (nSPS) is 15.4. The van der Waals surface area contributed by atoms with E-state index in [4.69, 9.17) is 4.74 Å². The zero-order valence-corrected chi connectivity index (χ0v) is 18.1. The molecule has 0 radical (unpaired) electrons. The van der Waals surface area contributed by atoms with E-state index in [1.165, 1.54) is 11.0 Å². The first-order chi connectivity index (χ1) is 15.7. The lowest BCUT2D eigenvalue weighted by Crippen LogP contribution is -2.30. The lowest BCUT2D eigenvalue weighted by Gasteiger charge is -2.16. The SMILES string of the molecule is Cc1ccc(CCC(=O)NCCOC(=O)C2CC(=O)N(c3ccc(F)c([N+](=O)[O-])c3)C2)cc1. The average Bonchev–Trinajstić information content (AvgIpc) is 3.18. The zero-order chi connectivity index (χ0) is 24.0. The van der Waals surface area contributed by atoms with Crippen molar-refractivity contribution in [2.24, 2.45) is 5.92 Å². The average molecular weight is 457 g/mol. The minimum atomic E-state index is -1.01. The lowest BCUT2D eigenvalue weighted by molar-refractivity contribution is -0.387. The van der Waals surface area contributed by atoms with Crippen LogP contribution in [-0.2, 0) is 25.5 Å². The van der Waals surface area contributed by atoms with Crippen molar-refractivity contribution in [3.8, 4) is 0 Å². The molecule has 0 saturated carbocycles. The molecule has 2 amide bonds. The van der Waals surface area contributed by atoms with Gasteiger partial charge in [0.15, 0.2) is 0 Å². The number of anilines is 1. The van der Waals surface area contributed by atoms with E-state index in [1.807, 2.05) is 31.2 Å². The highest BCUT2D eigenvalue weighted by molar-refractivity contribution is 5.99. The van der Waals surface area contributed by atoms with Gasteiger partial charge >= 0.3 is 11.7 Å². The maximum absolute atomic E-state index is 13.5. The molecule has 2 aromatic rings. The number of halogens is 1. The number of esters is 1. The van der Waals surface area contributed by atoms with Gasteiger partial charge in [-0.3, -0.25) is 24.5 Å². The number of aryl methyl sites for hydroxylation is 2. The Morgan fingerprint density at radius 2 is 1.97 bits per heavy atom. The number of ether oxygens (including phenoxy) is 1. The first-order valence-corrected chi connectivity index (χ1v) is 10.5. The van der Waals surface area contributed by atoms with Gasteiger partial charge in [0.05, 0.1) is 23.1 Å². The van der Waals surface area contributed by atoms with Crippen LogP contribution in [-0.4, -0.2) is 42.4 Å². The van der Waals surface area contributed by atoms with E-state index in [-0.39, 0.29) is 37.7 Å². The van der Waals surface area contributed by atoms with Crippen LogP contribution in [0.25, 0.3) is 0 Å². The molecular weight excluding hydrogens is 433 g/mol. The van der Waals surface area contributed by atoms with E-state index in [0.717, 1.165) is 23.3 Å². The summed E-state index contributed by atoms with van der Waals surface area (Å²) in [6.45, 7) is 2.07. The van der Waals surface area contributed by atoms with Gasteiger partial charge in [0.2, 0.25) is 17.6 Å². The fourth-order valence-corrected chi connectivity index (χ4v) is 3.48. The van der Waals surface area contributed by atoms with Crippen molar-refractivity contribution in [1.82, 2.24) is 5.32 Å².